The van der Waals surface area contributed by atoms with Crippen molar-refractivity contribution in [2.45, 2.75) is 65.5 Å². The fourth-order valence-corrected chi connectivity index (χ4v) is 2.47. The maximum atomic E-state index is 14.8. The van der Waals surface area contributed by atoms with Crippen molar-refractivity contribution in [2.75, 3.05) is 0 Å². The summed E-state index contributed by atoms with van der Waals surface area (Å²) in [7, 11) is -1.71. The molecule has 25 heavy (non-hydrogen) atoms. The minimum absolute atomic E-state index is 0.194. The Morgan fingerprint density at radius 3 is 2.16 bits per heavy atom. The normalized spacial score (nSPS) is 21.0. The van der Waals surface area contributed by atoms with E-state index in [1.54, 1.807) is 27.7 Å². The van der Waals surface area contributed by atoms with Crippen molar-refractivity contribution in [2.24, 2.45) is 5.92 Å². The highest BCUT2D eigenvalue weighted by Gasteiger charge is 2.55. The molecule has 9 heteroatoms. The van der Waals surface area contributed by atoms with Crippen molar-refractivity contribution >= 4 is 12.7 Å². The van der Waals surface area contributed by atoms with E-state index >= 15 is 0 Å². The lowest BCUT2D eigenvalue weighted by Crippen LogP contribution is -2.41. The maximum absolute atomic E-state index is 14.8. The van der Waals surface area contributed by atoms with Gasteiger partial charge in [0.2, 0.25) is 0 Å². The van der Waals surface area contributed by atoms with E-state index in [4.69, 9.17) is 9.31 Å². The minimum Gasteiger partial charge on any atom is -0.398 e. The summed E-state index contributed by atoms with van der Waals surface area (Å²) in [6.45, 7) is 10.8. The smallest absolute Gasteiger partial charge is 0.398 e. The lowest BCUT2D eigenvalue weighted by atomic mass is 9.83. The summed E-state index contributed by atoms with van der Waals surface area (Å²) in [5.74, 6) is 0.194. The molecule has 1 aromatic heterocycles. The largest absolute Gasteiger partial charge is 0.525 e. The maximum Gasteiger partial charge on any atom is 0.525 e. The summed E-state index contributed by atoms with van der Waals surface area (Å²) in [6.07, 6.45) is -2.71. The molecule has 1 saturated heterocycles. The Bertz CT molecular complexity index is 649. The van der Waals surface area contributed by atoms with Gasteiger partial charge in [0.05, 0.1) is 23.0 Å². The van der Waals surface area contributed by atoms with E-state index in [9.17, 15) is 17.6 Å². The van der Waals surface area contributed by atoms with Gasteiger partial charge in [0.25, 0.3) is 0 Å². The van der Waals surface area contributed by atoms with Crippen molar-refractivity contribution in [3.8, 4) is 0 Å². The molecule has 1 aromatic rings. The Morgan fingerprint density at radius 2 is 1.72 bits per heavy atom. The topological polar surface area (TPSA) is 36.3 Å². The fourth-order valence-electron chi connectivity index (χ4n) is 2.47. The van der Waals surface area contributed by atoms with Crippen molar-refractivity contribution in [1.82, 2.24) is 9.78 Å². The molecule has 4 nitrogen and oxygen atoms in total. The molecule has 0 unspecified atom stereocenters. The summed E-state index contributed by atoms with van der Waals surface area (Å²) in [6, 6.07) is 0. The van der Waals surface area contributed by atoms with E-state index < -0.39 is 35.8 Å². The SMILES string of the molecule is CC(C)Cn1cc(C(=C(F)B2OC(C)(C)C(C)(C)O2)C(F)(F)F)cn1. The molecule has 0 aromatic carbocycles. The molecule has 0 radical (unpaired) electrons. The Labute approximate surface area is 145 Å². The van der Waals surface area contributed by atoms with E-state index in [2.05, 4.69) is 5.10 Å². The second kappa shape index (κ2) is 6.43. The molecule has 0 atom stereocenters. The molecular weight excluding hydrogens is 339 g/mol. The monoisotopic (exact) mass is 362 g/mol. The molecule has 0 bridgehead atoms. The summed E-state index contributed by atoms with van der Waals surface area (Å²) in [5, 5.41) is 3.89. The first kappa shape index (κ1) is 20.0. The molecule has 2 heterocycles. The third-order valence-corrected chi connectivity index (χ3v) is 4.46. The average molecular weight is 362 g/mol. The molecular formula is C16H23BF4N2O2. The van der Waals surface area contributed by atoms with Crippen LogP contribution in [0.3, 0.4) is 0 Å². The molecule has 1 aliphatic rings. The zero-order valence-corrected chi connectivity index (χ0v) is 15.2. The first-order chi connectivity index (χ1) is 11.2. The summed E-state index contributed by atoms with van der Waals surface area (Å²) < 4.78 is 67.5. The van der Waals surface area contributed by atoms with Crippen molar-refractivity contribution in [3.05, 3.63) is 23.7 Å². The summed E-state index contributed by atoms with van der Waals surface area (Å²) in [5.41, 5.74) is -5.13. The van der Waals surface area contributed by atoms with E-state index in [-0.39, 0.29) is 11.5 Å². The van der Waals surface area contributed by atoms with Crippen molar-refractivity contribution < 1.29 is 26.9 Å². The number of alkyl halides is 3. The van der Waals surface area contributed by atoms with Gasteiger partial charge in [0, 0.05) is 18.3 Å². The van der Waals surface area contributed by atoms with Gasteiger partial charge in [-0.3, -0.25) is 4.68 Å². The lowest BCUT2D eigenvalue weighted by molar-refractivity contribution is -0.0699. The predicted molar refractivity (Wildman–Crippen MR) is 87.2 cm³/mol. The molecule has 0 saturated carbocycles. The first-order valence-electron chi connectivity index (χ1n) is 8.10. The van der Waals surface area contributed by atoms with E-state index in [1.807, 2.05) is 13.8 Å². The van der Waals surface area contributed by atoms with Gasteiger partial charge in [0.1, 0.15) is 5.73 Å². The van der Waals surface area contributed by atoms with Crippen LogP contribution in [0.25, 0.3) is 5.57 Å². The number of nitrogens with zero attached hydrogens (tertiary/aromatic N) is 2. The molecule has 140 valence electrons. The number of aromatic nitrogens is 2. The van der Waals surface area contributed by atoms with Gasteiger partial charge in [-0.25, -0.2) is 4.39 Å². The van der Waals surface area contributed by atoms with E-state index in [1.165, 1.54) is 10.9 Å². The summed E-state index contributed by atoms with van der Waals surface area (Å²) in [4.78, 5) is 0. The number of halogens is 4. The lowest BCUT2D eigenvalue weighted by Gasteiger charge is -2.32. The number of hydrogen-bond acceptors (Lipinski definition) is 3. The van der Waals surface area contributed by atoms with Crippen LogP contribution in [0.4, 0.5) is 17.6 Å². The number of allylic oxidation sites excluding steroid dienone is 1. The first-order valence-corrected chi connectivity index (χ1v) is 8.10. The van der Waals surface area contributed by atoms with Crippen LogP contribution < -0.4 is 0 Å². The highest BCUT2D eigenvalue weighted by atomic mass is 19.4. The van der Waals surface area contributed by atoms with Crippen LogP contribution in [0.15, 0.2) is 18.1 Å². The van der Waals surface area contributed by atoms with E-state index in [0.29, 0.717) is 6.54 Å². The average Bonchev–Trinajstić information content (AvgIpc) is 2.90. The molecule has 0 N–H and O–H groups in total. The third kappa shape index (κ3) is 4.08. The van der Waals surface area contributed by atoms with Gasteiger partial charge in [-0.2, -0.15) is 18.3 Å². The molecule has 0 amide bonds. The zero-order chi connectivity index (χ0) is 19.2. The molecule has 1 fully saturated rings. The van der Waals surface area contributed by atoms with Crippen LogP contribution in [0.1, 0.15) is 47.1 Å². The Balaban J connectivity index is 2.44. The summed E-state index contributed by atoms with van der Waals surface area (Å²) >= 11 is 0. The highest BCUT2D eigenvalue weighted by Crippen LogP contribution is 2.43. The van der Waals surface area contributed by atoms with Gasteiger partial charge in [-0.1, -0.05) is 13.8 Å². The Morgan fingerprint density at radius 1 is 1.20 bits per heavy atom. The molecule has 0 aliphatic carbocycles. The molecule has 2 rings (SSSR count). The van der Waals surface area contributed by atoms with Gasteiger partial charge >= 0.3 is 13.3 Å². The van der Waals surface area contributed by atoms with Crippen LogP contribution in [0, 0.1) is 5.92 Å². The number of rotatable bonds is 4. The molecule has 1 aliphatic heterocycles. The van der Waals surface area contributed by atoms with Gasteiger partial charge < -0.3 is 9.31 Å². The fraction of sp³-hybridized carbons (Fsp3) is 0.688. The van der Waals surface area contributed by atoms with Crippen LogP contribution in [0.5, 0.6) is 0 Å². The quantitative estimate of drug-likeness (QED) is 0.588. The van der Waals surface area contributed by atoms with Gasteiger partial charge in [-0.05, 0) is 33.6 Å². The van der Waals surface area contributed by atoms with Crippen molar-refractivity contribution in [3.63, 3.8) is 0 Å². The van der Waals surface area contributed by atoms with Crippen LogP contribution in [0.2, 0.25) is 0 Å². The predicted octanol–water partition coefficient (Wildman–Crippen LogP) is 4.41. The highest BCUT2D eigenvalue weighted by molar-refractivity contribution is 6.55. The minimum atomic E-state index is -4.90. The number of hydrogen-bond donors (Lipinski definition) is 0. The van der Waals surface area contributed by atoms with Gasteiger partial charge in [0.15, 0.2) is 0 Å². The van der Waals surface area contributed by atoms with Gasteiger partial charge in [-0.15, -0.1) is 0 Å². The van der Waals surface area contributed by atoms with E-state index in [0.717, 1.165) is 6.20 Å². The van der Waals surface area contributed by atoms with Crippen LogP contribution in [-0.2, 0) is 15.9 Å². The Kier molecular flexibility index (Phi) is 5.14. The van der Waals surface area contributed by atoms with Crippen LogP contribution >= 0.6 is 0 Å². The van der Waals surface area contributed by atoms with Crippen molar-refractivity contribution in [1.29, 1.82) is 0 Å². The van der Waals surface area contributed by atoms with Crippen LogP contribution in [-0.4, -0.2) is 34.3 Å². The second-order valence-electron chi connectivity index (χ2n) is 7.65. The third-order valence-electron chi connectivity index (χ3n) is 4.46. The second-order valence-corrected chi connectivity index (χ2v) is 7.65. The zero-order valence-electron chi connectivity index (χ0n) is 15.2. The molecule has 0 spiro atoms. The Hall–Kier alpha value is -1.35. The standard InChI is InChI=1S/C16H23BF4N2O2/c1-10(2)8-23-9-11(7-22-23)12(16(19,20)21)13(18)17-24-14(3,4)15(5,6)25-17/h7,9-10H,8H2,1-6H3.